The molecule has 0 heterocycles. The summed E-state index contributed by atoms with van der Waals surface area (Å²) in [5.41, 5.74) is 2.92. The first kappa shape index (κ1) is 17.4. The van der Waals surface area contributed by atoms with Gasteiger partial charge in [-0.05, 0) is 29.8 Å². The van der Waals surface area contributed by atoms with Crippen molar-refractivity contribution in [3.05, 3.63) is 57.0 Å². The third kappa shape index (κ3) is 5.32. The fraction of sp³-hybridized carbons (Fsp3) is 0.0667. The Hall–Kier alpha value is -1.95. The van der Waals surface area contributed by atoms with E-state index in [2.05, 4.69) is 10.5 Å². The van der Waals surface area contributed by atoms with Gasteiger partial charge in [-0.3, -0.25) is 4.79 Å². The number of hydrogen-bond donors (Lipinski definition) is 2. The molecule has 0 aromatic heterocycles. The molecule has 2 rings (SSSR count). The number of benzene rings is 2. The van der Waals surface area contributed by atoms with Crippen LogP contribution in [0.5, 0.6) is 11.5 Å². The molecule has 0 aliphatic carbocycles. The van der Waals surface area contributed by atoms with Gasteiger partial charge in [0.2, 0.25) is 0 Å². The molecular weight excluding hydrogens is 363 g/mol. The van der Waals surface area contributed by atoms with Gasteiger partial charge in [0.25, 0.3) is 5.91 Å². The minimum atomic E-state index is -0.497. The summed E-state index contributed by atoms with van der Waals surface area (Å²) in [5, 5.41) is 13.8. The van der Waals surface area contributed by atoms with E-state index >= 15 is 0 Å². The van der Waals surface area contributed by atoms with E-state index in [4.69, 9.17) is 39.5 Å². The van der Waals surface area contributed by atoms with Gasteiger partial charge in [-0.25, -0.2) is 5.43 Å². The fourth-order valence-electron chi connectivity index (χ4n) is 1.62. The van der Waals surface area contributed by atoms with E-state index in [0.717, 1.165) is 0 Å². The summed E-state index contributed by atoms with van der Waals surface area (Å²) in [6.07, 6.45) is 1.39. The van der Waals surface area contributed by atoms with E-state index in [1.807, 2.05) is 0 Å². The highest BCUT2D eigenvalue weighted by Gasteiger charge is 2.11. The number of nitrogens with zero attached hydrogens (tertiary/aromatic N) is 1. The molecule has 2 N–H and O–H groups in total. The van der Waals surface area contributed by atoms with E-state index in [-0.39, 0.29) is 28.2 Å². The number of carbonyl (C=O) groups is 1. The van der Waals surface area contributed by atoms with Gasteiger partial charge in [0, 0.05) is 5.02 Å². The van der Waals surface area contributed by atoms with Crippen LogP contribution in [-0.2, 0) is 4.79 Å². The van der Waals surface area contributed by atoms with Gasteiger partial charge >= 0.3 is 0 Å². The van der Waals surface area contributed by atoms with Crippen LogP contribution in [0.25, 0.3) is 0 Å². The molecule has 0 unspecified atom stereocenters. The molecule has 0 bridgehead atoms. The van der Waals surface area contributed by atoms with Crippen LogP contribution >= 0.6 is 34.8 Å². The standard InChI is InChI=1S/C15H11Cl3N2O3/c16-10-5-12(17)15(13(18)6-10)23-8-14(22)20-19-7-9-2-1-3-11(21)4-9/h1-7,21H,8H2,(H,20,22). The summed E-state index contributed by atoms with van der Waals surface area (Å²) >= 11 is 17.7. The number of rotatable bonds is 5. The zero-order valence-corrected chi connectivity index (χ0v) is 13.9. The lowest BCUT2D eigenvalue weighted by atomic mass is 10.2. The van der Waals surface area contributed by atoms with E-state index < -0.39 is 5.91 Å². The summed E-state index contributed by atoms with van der Waals surface area (Å²) in [5.74, 6) is -0.219. The lowest BCUT2D eigenvalue weighted by Gasteiger charge is -2.09. The lowest BCUT2D eigenvalue weighted by molar-refractivity contribution is -0.123. The van der Waals surface area contributed by atoms with Crippen LogP contribution in [-0.4, -0.2) is 23.8 Å². The zero-order valence-electron chi connectivity index (χ0n) is 11.6. The number of hydrazone groups is 1. The largest absolute Gasteiger partial charge is 0.508 e. The maximum absolute atomic E-state index is 11.7. The van der Waals surface area contributed by atoms with Crippen LogP contribution in [0.4, 0.5) is 0 Å². The van der Waals surface area contributed by atoms with Crippen LogP contribution in [0.1, 0.15) is 5.56 Å². The van der Waals surface area contributed by atoms with Gasteiger partial charge in [-0.1, -0.05) is 46.9 Å². The number of aromatic hydroxyl groups is 1. The number of amides is 1. The Balaban J connectivity index is 1.88. The molecule has 0 aliphatic rings. The van der Waals surface area contributed by atoms with Gasteiger partial charge in [-0.2, -0.15) is 5.10 Å². The average Bonchev–Trinajstić information content (AvgIpc) is 2.46. The van der Waals surface area contributed by atoms with Crippen LogP contribution in [0.2, 0.25) is 15.1 Å². The summed E-state index contributed by atoms with van der Waals surface area (Å²) in [4.78, 5) is 11.7. The van der Waals surface area contributed by atoms with Crippen molar-refractivity contribution in [3.8, 4) is 11.5 Å². The number of halogens is 3. The second kappa shape index (κ2) is 8.06. The molecule has 2 aromatic carbocycles. The number of phenolic OH excluding ortho intramolecular Hbond substituents is 1. The van der Waals surface area contributed by atoms with E-state index in [0.29, 0.717) is 10.6 Å². The van der Waals surface area contributed by atoms with Crippen molar-refractivity contribution in [3.63, 3.8) is 0 Å². The Kier molecular flexibility index (Phi) is 6.10. The number of carbonyl (C=O) groups excluding carboxylic acids is 1. The van der Waals surface area contributed by atoms with Crippen molar-refractivity contribution in [1.29, 1.82) is 0 Å². The topological polar surface area (TPSA) is 70.9 Å². The third-order valence-electron chi connectivity index (χ3n) is 2.58. The predicted molar refractivity (Wildman–Crippen MR) is 90.8 cm³/mol. The molecular formula is C15H11Cl3N2O3. The number of hydrogen-bond acceptors (Lipinski definition) is 4. The Bertz CT molecular complexity index is 727. The maximum atomic E-state index is 11.7. The zero-order chi connectivity index (χ0) is 16.8. The van der Waals surface area contributed by atoms with Gasteiger partial charge in [-0.15, -0.1) is 0 Å². The number of nitrogens with one attached hydrogen (secondary N) is 1. The molecule has 5 nitrogen and oxygen atoms in total. The van der Waals surface area contributed by atoms with Crippen LogP contribution in [0.3, 0.4) is 0 Å². The molecule has 2 aromatic rings. The molecule has 0 aliphatic heterocycles. The minimum Gasteiger partial charge on any atom is -0.508 e. The van der Waals surface area contributed by atoms with E-state index in [1.165, 1.54) is 30.5 Å². The third-order valence-corrected chi connectivity index (χ3v) is 3.36. The fourth-order valence-corrected chi connectivity index (χ4v) is 2.55. The smallest absolute Gasteiger partial charge is 0.277 e. The molecule has 0 fully saturated rings. The molecule has 0 spiro atoms. The van der Waals surface area contributed by atoms with Crippen LogP contribution < -0.4 is 10.2 Å². The number of ether oxygens (including phenoxy) is 1. The predicted octanol–water partition coefficient (Wildman–Crippen LogP) is 3.88. The first-order valence-corrected chi connectivity index (χ1v) is 7.47. The average molecular weight is 374 g/mol. The SMILES string of the molecule is O=C(COc1c(Cl)cc(Cl)cc1Cl)NN=Cc1cccc(O)c1. The van der Waals surface area contributed by atoms with Crippen molar-refractivity contribution in [2.24, 2.45) is 5.10 Å². The minimum absolute atomic E-state index is 0.107. The summed E-state index contributed by atoms with van der Waals surface area (Å²) in [6.45, 7) is -0.321. The maximum Gasteiger partial charge on any atom is 0.277 e. The van der Waals surface area contributed by atoms with Crippen molar-refractivity contribution < 1.29 is 14.6 Å². The lowest BCUT2D eigenvalue weighted by Crippen LogP contribution is -2.24. The Morgan fingerprint density at radius 3 is 2.57 bits per heavy atom. The second-order valence-electron chi connectivity index (χ2n) is 4.38. The van der Waals surface area contributed by atoms with Gasteiger partial charge in [0.05, 0.1) is 16.3 Å². The molecule has 23 heavy (non-hydrogen) atoms. The number of phenols is 1. The molecule has 0 saturated heterocycles. The highest BCUT2D eigenvalue weighted by molar-refractivity contribution is 6.40. The molecule has 0 atom stereocenters. The van der Waals surface area contributed by atoms with Crippen molar-refractivity contribution in [1.82, 2.24) is 5.43 Å². The van der Waals surface area contributed by atoms with Gasteiger partial charge in [0.15, 0.2) is 12.4 Å². The Labute approximate surface area is 147 Å². The first-order valence-electron chi connectivity index (χ1n) is 6.34. The quantitative estimate of drug-likeness (QED) is 0.617. The summed E-state index contributed by atoms with van der Waals surface area (Å²) in [7, 11) is 0. The van der Waals surface area contributed by atoms with E-state index in [9.17, 15) is 9.90 Å². The molecule has 8 heteroatoms. The normalized spacial score (nSPS) is 10.7. The molecule has 0 saturated carbocycles. The van der Waals surface area contributed by atoms with Crippen molar-refractivity contribution >= 4 is 46.9 Å². The summed E-state index contributed by atoms with van der Waals surface area (Å²) in [6, 6.07) is 9.33. The van der Waals surface area contributed by atoms with E-state index in [1.54, 1.807) is 12.1 Å². The van der Waals surface area contributed by atoms with Crippen molar-refractivity contribution in [2.75, 3.05) is 6.61 Å². The Morgan fingerprint density at radius 2 is 1.91 bits per heavy atom. The Morgan fingerprint density at radius 1 is 1.22 bits per heavy atom. The molecule has 120 valence electrons. The first-order chi connectivity index (χ1) is 11.0. The van der Waals surface area contributed by atoms with Gasteiger partial charge in [0.1, 0.15) is 5.75 Å². The molecule has 1 amide bonds. The van der Waals surface area contributed by atoms with Crippen molar-refractivity contribution in [2.45, 2.75) is 0 Å². The monoisotopic (exact) mass is 372 g/mol. The molecule has 0 radical (unpaired) electrons. The van der Waals surface area contributed by atoms with Crippen LogP contribution in [0.15, 0.2) is 41.5 Å². The van der Waals surface area contributed by atoms with Crippen LogP contribution in [0, 0.1) is 0 Å². The second-order valence-corrected chi connectivity index (χ2v) is 5.63. The van der Waals surface area contributed by atoms with Gasteiger partial charge < -0.3 is 9.84 Å². The highest BCUT2D eigenvalue weighted by Crippen LogP contribution is 2.35. The highest BCUT2D eigenvalue weighted by atomic mass is 35.5. The summed E-state index contributed by atoms with van der Waals surface area (Å²) < 4.78 is 5.26.